The van der Waals surface area contributed by atoms with Crippen molar-refractivity contribution in [2.75, 3.05) is 18.0 Å². The van der Waals surface area contributed by atoms with Gasteiger partial charge < -0.3 is 4.90 Å². The summed E-state index contributed by atoms with van der Waals surface area (Å²) in [6.07, 6.45) is 5.85. The largest absolute Gasteiger partial charge is 0.356 e. The predicted molar refractivity (Wildman–Crippen MR) is 61.4 cm³/mol. The van der Waals surface area contributed by atoms with Gasteiger partial charge in [-0.1, -0.05) is 6.92 Å². The fourth-order valence-electron chi connectivity index (χ4n) is 2.20. The summed E-state index contributed by atoms with van der Waals surface area (Å²) in [5.74, 6) is 2.62. The summed E-state index contributed by atoms with van der Waals surface area (Å²) in [6.45, 7) is 4.51. The molecule has 0 saturated carbocycles. The molecular weight excluding hydrogens is 202 g/mol. The van der Waals surface area contributed by atoms with E-state index in [0.29, 0.717) is 5.78 Å². The van der Waals surface area contributed by atoms with E-state index in [2.05, 4.69) is 26.9 Å². The summed E-state index contributed by atoms with van der Waals surface area (Å²) in [5.41, 5.74) is 0. The van der Waals surface area contributed by atoms with E-state index in [1.165, 1.54) is 12.8 Å². The maximum Gasteiger partial charge on any atom is 0.254 e. The summed E-state index contributed by atoms with van der Waals surface area (Å²) in [4.78, 5) is 10.6. The van der Waals surface area contributed by atoms with Crippen LogP contribution in [0.2, 0.25) is 0 Å². The first-order valence-corrected chi connectivity index (χ1v) is 5.74. The summed E-state index contributed by atoms with van der Waals surface area (Å²) < 4.78 is 1.82. The molecule has 0 amide bonds. The van der Waals surface area contributed by atoms with E-state index in [9.17, 15) is 0 Å². The molecule has 3 heterocycles. The van der Waals surface area contributed by atoms with E-state index in [0.717, 1.165) is 24.8 Å². The van der Waals surface area contributed by atoms with Crippen molar-refractivity contribution in [1.82, 2.24) is 19.6 Å². The van der Waals surface area contributed by atoms with Gasteiger partial charge in [-0.25, -0.2) is 4.98 Å². The average Bonchev–Trinajstić information content (AvgIpc) is 2.78. The van der Waals surface area contributed by atoms with Gasteiger partial charge in [0.25, 0.3) is 5.78 Å². The summed E-state index contributed by atoms with van der Waals surface area (Å²) >= 11 is 0. The molecule has 1 saturated heterocycles. The normalized spacial score (nSPS) is 18.2. The molecule has 5 heteroatoms. The van der Waals surface area contributed by atoms with Gasteiger partial charge in [0.15, 0.2) is 0 Å². The number of fused-ring (bicyclic) bond motifs is 1. The molecule has 0 bridgehead atoms. The highest BCUT2D eigenvalue weighted by Gasteiger charge is 2.18. The molecule has 0 radical (unpaired) electrons. The lowest BCUT2D eigenvalue weighted by Gasteiger charge is -2.31. The summed E-state index contributed by atoms with van der Waals surface area (Å²) in [5, 5.41) is 4.21. The van der Waals surface area contributed by atoms with Crippen molar-refractivity contribution >= 4 is 11.6 Å². The van der Waals surface area contributed by atoms with E-state index in [-0.39, 0.29) is 0 Å². The zero-order valence-electron chi connectivity index (χ0n) is 9.37. The van der Waals surface area contributed by atoms with Crippen LogP contribution in [0, 0.1) is 5.92 Å². The molecule has 0 aromatic carbocycles. The van der Waals surface area contributed by atoms with E-state index in [1.54, 1.807) is 12.5 Å². The van der Waals surface area contributed by atoms with Crippen LogP contribution in [0.25, 0.3) is 5.78 Å². The molecule has 2 aromatic rings. The van der Waals surface area contributed by atoms with Crippen LogP contribution in [0.4, 0.5) is 5.82 Å². The molecule has 0 unspecified atom stereocenters. The Labute approximate surface area is 94.1 Å². The number of piperidine rings is 1. The average molecular weight is 217 g/mol. The molecule has 1 aliphatic rings. The highest BCUT2D eigenvalue weighted by molar-refractivity contribution is 5.45. The monoisotopic (exact) mass is 217 g/mol. The Morgan fingerprint density at radius 1 is 1.25 bits per heavy atom. The molecule has 0 atom stereocenters. The van der Waals surface area contributed by atoms with Crippen LogP contribution >= 0.6 is 0 Å². The van der Waals surface area contributed by atoms with Gasteiger partial charge >= 0.3 is 0 Å². The van der Waals surface area contributed by atoms with E-state index in [4.69, 9.17) is 0 Å². The van der Waals surface area contributed by atoms with Crippen molar-refractivity contribution in [2.45, 2.75) is 19.8 Å². The maximum atomic E-state index is 4.21. The van der Waals surface area contributed by atoms with Crippen LogP contribution in [-0.2, 0) is 0 Å². The Kier molecular flexibility index (Phi) is 2.23. The molecule has 1 fully saturated rings. The van der Waals surface area contributed by atoms with Crippen LogP contribution in [0.1, 0.15) is 19.8 Å². The molecule has 84 valence electrons. The van der Waals surface area contributed by atoms with Crippen molar-refractivity contribution in [1.29, 1.82) is 0 Å². The zero-order chi connectivity index (χ0) is 11.0. The van der Waals surface area contributed by atoms with Crippen LogP contribution in [0.3, 0.4) is 0 Å². The minimum absolute atomic E-state index is 0.677. The lowest BCUT2D eigenvalue weighted by molar-refractivity contribution is 0.435. The van der Waals surface area contributed by atoms with Crippen molar-refractivity contribution in [2.24, 2.45) is 5.92 Å². The highest BCUT2D eigenvalue weighted by atomic mass is 15.4. The van der Waals surface area contributed by atoms with E-state index < -0.39 is 0 Å². The number of hydrogen-bond acceptors (Lipinski definition) is 4. The Balaban J connectivity index is 1.96. The van der Waals surface area contributed by atoms with Crippen LogP contribution in [0.15, 0.2) is 18.6 Å². The second-order valence-corrected chi connectivity index (χ2v) is 4.44. The number of rotatable bonds is 1. The molecule has 5 nitrogen and oxygen atoms in total. The molecular formula is C11H15N5. The van der Waals surface area contributed by atoms with Crippen molar-refractivity contribution in [3.05, 3.63) is 18.6 Å². The lowest BCUT2D eigenvalue weighted by atomic mass is 9.99. The molecule has 1 aliphatic heterocycles. The van der Waals surface area contributed by atoms with Gasteiger partial charge in [0.2, 0.25) is 0 Å². The van der Waals surface area contributed by atoms with Gasteiger partial charge in [-0.2, -0.15) is 14.6 Å². The highest BCUT2D eigenvalue weighted by Crippen LogP contribution is 2.22. The summed E-state index contributed by atoms with van der Waals surface area (Å²) in [6, 6.07) is 2.01. The Hall–Kier alpha value is -1.65. The van der Waals surface area contributed by atoms with Crippen LogP contribution in [-0.4, -0.2) is 32.7 Å². The van der Waals surface area contributed by atoms with Gasteiger partial charge in [-0.15, -0.1) is 0 Å². The summed E-state index contributed by atoms with van der Waals surface area (Å²) in [7, 11) is 0. The van der Waals surface area contributed by atoms with Gasteiger partial charge in [-0.3, -0.25) is 0 Å². The van der Waals surface area contributed by atoms with E-state index >= 15 is 0 Å². The fourth-order valence-corrected chi connectivity index (χ4v) is 2.20. The van der Waals surface area contributed by atoms with Gasteiger partial charge in [0.1, 0.15) is 12.1 Å². The number of anilines is 1. The first-order chi connectivity index (χ1) is 7.84. The van der Waals surface area contributed by atoms with Gasteiger partial charge in [-0.05, 0) is 24.8 Å². The second-order valence-electron chi connectivity index (χ2n) is 4.44. The quantitative estimate of drug-likeness (QED) is 0.723. The third-order valence-electron chi connectivity index (χ3n) is 3.27. The Morgan fingerprint density at radius 3 is 2.88 bits per heavy atom. The third kappa shape index (κ3) is 1.52. The van der Waals surface area contributed by atoms with Crippen molar-refractivity contribution in [3.63, 3.8) is 0 Å². The Bertz CT molecular complexity index is 484. The third-order valence-corrected chi connectivity index (χ3v) is 3.27. The minimum Gasteiger partial charge on any atom is -0.356 e. The number of nitrogens with zero attached hydrogens (tertiary/aromatic N) is 5. The Morgan fingerprint density at radius 2 is 2.06 bits per heavy atom. The smallest absolute Gasteiger partial charge is 0.254 e. The molecule has 2 aromatic heterocycles. The van der Waals surface area contributed by atoms with Crippen LogP contribution < -0.4 is 4.90 Å². The zero-order valence-corrected chi connectivity index (χ0v) is 9.37. The molecule has 0 spiro atoms. The minimum atomic E-state index is 0.677. The number of aromatic nitrogens is 4. The standard InChI is InChI=1S/C11H15N5/c1-9-3-6-15(7-4-9)10-2-5-12-11-13-8-14-16(10)11/h2,5,8-9H,3-4,6-7H2,1H3. The van der Waals surface area contributed by atoms with Crippen molar-refractivity contribution < 1.29 is 0 Å². The molecule has 0 N–H and O–H groups in total. The van der Waals surface area contributed by atoms with Gasteiger partial charge in [0, 0.05) is 19.3 Å². The second kappa shape index (κ2) is 3.73. The van der Waals surface area contributed by atoms with Crippen molar-refractivity contribution in [3.8, 4) is 0 Å². The predicted octanol–water partition coefficient (Wildman–Crippen LogP) is 1.36. The molecule has 0 aliphatic carbocycles. The maximum absolute atomic E-state index is 4.21. The first-order valence-electron chi connectivity index (χ1n) is 5.74. The first kappa shape index (κ1) is 9.57. The topological polar surface area (TPSA) is 46.3 Å². The number of hydrogen-bond donors (Lipinski definition) is 0. The van der Waals surface area contributed by atoms with E-state index in [1.807, 2.05) is 10.6 Å². The lowest BCUT2D eigenvalue weighted by Crippen LogP contribution is -2.34. The SMILES string of the molecule is CC1CCN(c2ccnc3ncnn23)CC1. The molecule has 3 rings (SSSR count). The molecule has 16 heavy (non-hydrogen) atoms. The fraction of sp³-hybridized carbons (Fsp3) is 0.545. The van der Waals surface area contributed by atoms with Gasteiger partial charge in [0.05, 0.1) is 0 Å². The van der Waals surface area contributed by atoms with Crippen LogP contribution in [0.5, 0.6) is 0 Å².